The Morgan fingerprint density at radius 1 is 1.11 bits per heavy atom. The van der Waals surface area contributed by atoms with Crippen LogP contribution in [0, 0.1) is 5.82 Å². The summed E-state index contributed by atoms with van der Waals surface area (Å²) in [5.41, 5.74) is 0.0269. The monoisotopic (exact) mass is 407 g/mol. The highest BCUT2D eigenvalue weighted by atomic mass is 35.5. The smallest absolute Gasteiger partial charge is 0.253 e. The molecule has 0 atom stereocenters. The molecule has 1 amide bonds. The number of amides is 1. The molecule has 1 aliphatic rings. The van der Waals surface area contributed by atoms with Crippen molar-refractivity contribution in [3.63, 3.8) is 0 Å². The molecular formula is C21H24ClF2N3O. The van der Waals surface area contributed by atoms with Crippen LogP contribution in [-0.4, -0.2) is 49.2 Å². The number of halogens is 3. The minimum Gasteiger partial charge on any atom is -0.384 e. The molecule has 0 saturated carbocycles. The average molecular weight is 408 g/mol. The topological polar surface area (TPSA) is 44.4 Å². The Kier molecular flexibility index (Phi) is 6.86. The van der Waals surface area contributed by atoms with Crippen molar-refractivity contribution in [3.05, 3.63) is 64.9 Å². The number of para-hydroxylation sites is 1. The number of hydrogen-bond donors (Lipinski definition) is 2. The van der Waals surface area contributed by atoms with Gasteiger partial charge in [-0.05, 0) is 30.3 Å². The number of nitrogens with one attached hydrogen (secondary N) is 2. The van der Waals surface area contributed by atoms with Crippen molar-refractivity contribution in [1.29, 1.82) is 0 Å². The highest BCUT2D eigenvalue weighted by molar-refractivity contribution is 6.31. The van der Waals surface area contributed by atoms with Crippen molar-refractivity contribution in [3.8, 4) is 0 Å². The first-order chi connectivity index (χ1) is 13.5. The van der Waals surface area contributed by atoms with Gasteiger partial charge in [-0.25, -0.2) is 8.78 Å². The van der Waals surface area contributed by atoms with Gasteiger partial charge in [0.15, 0.2) is 0 Å². The molecule has 2 aromatic carbocycles. The van der Waals surface area contributed by atoms with E-state index in [1.807, 2.05) is 30.3 Å². The molecule has 0 unspecified atom stereocenters. The quantitative estimate of drug-likeness (QED) is 0.678. The summed E-state index contributed by atoms with van der Waals surface area (Å²) in [6.45, 7) is 2.27. The molecule has 4 nitrogen and oxygen atoms in total. The van der Waals surface area contributed by atoms with E-state index in [4.69, 9.17) is 11.6 Å². The molecule has 3 rings (SSSR count). The van der Waals surface area contributed by atoms with Crippen LogP contribution in [0.3, 0.4) is 0 Å². The average Bonchev–Trinajstić information content (AvgIpc) is 2.71. The summed E-state index contributed by atoms with van der Waals surface area (Å²) >= 11 is 5.74. The largest absolute Gasteiger partial charge is 0.384 e. The van der Waals surface area contributed by atoms with E-state index in [1.165, 1.54) is 18.2 Å². The van der Waals surface area contributed by atoms with Gasteiger partial charge in [0.05, 0.1) is 5.02 Å². The number of anilines is 1. The van der Waals surface area contributed by atoms with Gasteiger partial charge >= 0.3 is 0 Å². The minimum absolute atomic E-state index is 0.0870. The third-order valence-electron chi connectivity index (χ3n) is 4.96. The summed E-state index contributed by atoms with van der Waals surface area (Å²) in [5, 5.41) is 6.34. The number of hydrogen-bond acceptors (Lipinski definition) is 3. The van der Waals surface area contributed by atoms with Crippen molar-refractivity contribution in [1.82, 2.24) is 10.2 Å². The lowest BCUT2D eigenvalue weighted by Crippen LogP contribution is -2.49. The summed E-state index contributed by atoms with van der Waals surface area (Å²) in [7, 11) is 0. The summed E-state index contributed by atoms with van der Waals surface area (Å²) in [6.07, 6.45) is 0.541. The van der Waals surface area contributed by atoms with Gasteiger partial charge in [-0.1, -0.05) is 29.8 Å². The van der Waals surface area contributed by atoms with Crippen LogP contribution in [0.1, 0.15) is 23.2 Å². The van der Waals surface area contributed by atoms with Crippen molar-refractivity contribution >= 4 is 23.2 Å². The van der Waals surface area contributed by atoms with Gasteiger partial charge < -0.3 is 15.5 Å². The molecule has 0 bridgehead atoms. The van der Waals surface area contributed by atoms with Gasteiger partial charge in [-0.3, -0.25) is 4.79 Å². The summed E-state index contributed by atoms with van der Waals surface area (Å²) in [4.78, 5) is 14.1. The molecule has 2 N–H and O–H groups in total. The Morgan fingerprint density at radius 3 is 2.50 bits per heavy atom. The van der Waals surface area contributed by atoms with E-state index in [9.17, 15) is 13.6 Å². The lowest BCUT2D eigenvalue weighted by Gasteiger charge is -2.36. The molecule has 7 heteroatoms. The summed E-state index contributed by atoms with van der Waals surface area (Å²) in [5.74, 6) is -0.809. The zero-order valence-corrected chi connectivity index (χ0v) is 16.3. The van der Waals surface area contributed by atoms with Crippen LogP contribution in [0.5, 0.6) is 0 Å². The molecule has 1 saturated heterocycles. The van der Waals surface area contributed by atoms with E-state index < -0.39 is 11.5 Å². The van der Waals surface area contributed by atoms with Crippen molar-refractivity contribution in [2.24, 2.45) is 0 Å². The lowest BCUT2D eigenvalue weighted by atomic mass is 9.92. The number of likely N-dealkylation sites (tertiary alicyclic amines) is 1. The summed E-state index contributed by atoms with van der Waals surface area (Å²) < 4.78 is 28.2. The number of nitrogens with zero attached hydrogens (tertiary/aromatic N) is 1. The normalized spacial score (nSPS) is 16.0. The van der Waals surface area contributed by atoms with Crippen molar-refractivity contribution in [2.45, 2.75) is 18.5 Å². The van der Waals surface area contributed by atoms with E-state index in [0.29, 0.717) is 31.7 Å². The van der Waals surface area contributed by atoms with Gasteiger partial charge in [0.25, 0.3) is 5.91 Å². The molecule has 0 aromatic heterocycles. The van der Waals surface area contributed by atoms with Gasteiger partial charge in [0.2, 0.25) is 0 Å². The Labute approximate surface area is 168 Å². The number of rotatable bonds is 7. The van der Waals surface area contributed by atoms with Gasteiger partial charge in [0.1, 0.15) is 11.5 Å². The molecule has 1 heterocycles. The Hall–Kier alpha value is -2.18. The van der Waals surface area contributed by atoms with Crippen LogP contribution in [0.25, 0.3) is 0 Å². The fourth-order valence-electron chi connectivity index (χ4n) is 3.26. The van der Waals surface area contributed by atoms with Gasteiger partial charge in [-0.15, -0.1) is 0 Å². The Bertz CT molecular complexity index is 795. The standard InChI is InChI=1S/C21H24ClF2N3O/c22-18-14-16(6-7-19(18)23)20(28)27-12-8-21(24,9-13-27)15-25-10-11-26-17-4-2-1-3-5-17/h1-7,14,25-26H,8-13,15H2. The first-order valence-corrected chi connectivity index (χ1v) is 9.78. The molecule has 0 aliphatic carbocycles. The fraction of sp³-hybridized carbons (Fsp3) is 0.381. The van der Waals surface area contributed by atoms with Crippen LogP contribution >= 0.6 is 11.6 Å². The number of piperidine rings is 1. The maximum atomic E-state index is 15.0. The van der Waals surface area contributed by atoms with Gasteiger partial charge in [0, 0.05) is 56.8 Å². The molecule has 2 aromatic rings. The predicted octanol–water partition coefficient (Wildman–Crippen LogP) is 4.13. The Morgan fingerprint density at radius 2 is 1.82 bits per heavy atom. The van der Waals surface area contributed by atoms with Crippen LogP contribution in [0.4, 0.5) is 14.5 Å². The first kappa shape index (κ1) is 20.6. The van der Waals surface area contributed by atoms with Crippen LogP contribution in [0.2, 0.25) is 5.02 Å². The molecule has 1 aliphatic heterocycles. The van der Waals surface area contributed by atoms with E-state index >= 15 is 0 Å². The first-order valence-electron chi connectivity index (χ1n) is 9.40. The summed E-state index contributed by atoms with van der Waals surface area (Å²) in [6, 6.07) is 13.7. The van der Waals surface area contributed by atoms with Gasteiger partial charge in [-0.2, -0.15) is 0 Å². The molecule has 1 fully saturated rings. The highest BCUT2D eigenvalue weighted by Crippen LogP contribution is 2.27. The second-order valence-electron chi connectivity index (χ2n) is 7.04. The lowest BCUT2D eigenvalue weighted by molar-refractivity contribution is 0.0437. The van der Waals surface area contributed by atoms with Crippen LogP contribution in [0.15, 0.2) is 48.5 Å². The maximum absolute atomic E-state index is 15.0. The zero-order chi connectivity index (χ0) is 20.0. The van der Waals surface area contributed by atoms with Crippen molar-refractivity contribution < 1.29 is 13.6 Å². The van der Waals surface area contributed by atoms with E-state index in [0.717, 1.165) is 5.69 Å². The number of carbonyl (C=O) groups is 1. The fourth-order valence-corrected chi connectivity index (χ4v) is 3.44. The second-order valence-corrected chi connectivity index (χ2v) is 7.45. The predicted molar refractivity (Wildman–Crippen MR) is 108 cm³/mol. The third-order valence-corrected chi connectivity index (χ3v) is 5.25. The molecule has 28 heavy (non-hydrogen) atoms. The van der Waals surface area contributed by atoms with Crippen LogP contribution in [-0.2, 0) is 0 Å². The van der Waals surface area contributed by atoms with E-state index in [1.54, 1.807) is 4.90 Å². The molecule has 150 valence electrons. The molecule has 0 spiro atoms. The minimum atomic E-state index is -1.33. The van der Waals surface area contributed by atoms with Crippen LogP contribution < -0.4 is 10.6 Å². The number of alkyl halides is 1. The zero-order valence-electron chi connectivity index (χ0n) is 15.6. The molecule has 0 radical (unpaired) electrons. The second kappa shape index (κ2) is 9.34. The van der Waals surface area contributed by atoms with E-state index in [-0.39, 0.29) is 30.3 Å². The van der Waals surface area contributed by atoms with Crippen molar-refractivity contribution in [2.75, 3.05) is 38.0 Å². The highest BCUT2D eigenvalue weighted by Gasteiger charge is 2.35. The number of carbonyl (C=O) groups excluding carboxylic acids is 1. The molecular weight excluding hydrogens is 384 g/mol. The SMILES string of the molecule is O=C(c1ccc(F)c(Cl)c1)N1CCC(F)(CNCCNc2ccccc2)CC1. The number of benzene rings is 2. The maximum Gasteiger partial charge on any atom is 0.253 e. The third kappa shape index (κ3) is 5.42. The van der Waals surface area contributed by atoms with E-state index in [2.05, 4.69) is 10.6 Å². The Balaban J connectivity index is 1.40.